The van der Waals surface area contributed by atoms with Crippen LogP contribution in [0.15, 0.2) is 83.7 Å². The number of carbonyl (C=O) groups is 1. The zero-order valence-corrected chi connectivity index (χ0v) is 20.1. The van der Waals surface area contributed by atoms with E-state index in [1.807, 2.05) is 62.4 Å². The molecule has 2 N–H and O–H groups in total. The van der Waals surface area contributed by atoms with Crippen LogP contribution >= 0.6 is 0 Å². The molecule has 0 amide bonds. The average Bonchev–Trinajstić information content (AvgIpc) is 2.87. The van der Waals surface area contributed by atoms with Crippen LogP contribution in [0.5, 0.6) is 0 Å². The molecule has 0 aliphatic heterocycles. The number of nitrogens with zero attached hydrogens (tertiary/aromatic N) is 2. The second-order valence-electron chi connectivity index (χ2n) is 8.69. The van der Waals surface area contributed by atoms with Crippen LogP contribution in [0.3, 0.4) is 0 Å². The number of aldehydes is 1. The summed E-state index contributed by atoms with van der Waals surface area (Å²) in [6.45, 7) is 4.42. The van der Waals surface area contributed by atoms with Gasteiger partial charge in [0.25, 0.3) is 5.56 Å². The monoisotopic (exact) mass is 495 g/mol. The molecule has 0 fully saturated rings. The lowest BCUT2D eigenvalue weighted by atomic mass is 9.94. The fraction of sp³-hybridized carbons (Fsp3) is 0.250. The molecule has 4 aromatic rings. The van der Waals surface area contributed by atoms with Crippen molar-refractivity contribution in [2.45, 2.75) is 32.5 Å². The largest absolute Gasteiger partial charge is 0.416 e. The van der Waals surface area contributed by atoms with E-state index in [-0.39, 0.29) is 41.4 Å². The Labute approximate surface area is 207 Å². The molecule has 0 saturated carbocycles. The normalized spacial score (nSPS) is 12.2. The number of hydrogen-bond donors (Lipinski definition) is 1. The van der Waals surface area contributed by atoms with Crippen LogP contribution in [0.1, 0.15) is 47.1 Å². The van der Waals surface area contributed by atoms with Gasteiger partial charge in [0.2, 0.25) is 0 Å². The smallest absolute Gasteiger partial charge is 0.330 e. The Kier molecular flexibility index (Phi) is 8.77. The first-order valence-electron chi connectivity index (χ1n) is 11.5. The van der Waals surface area contributed by atoms with E-state index in [0.29, 0.717) is 5.82 Å². The van der Waals surface area contributed by atoms with Crippen LogP contribution in [0, 0.1) is 5.92 Å². The van der Waals surface area contributed by atoms with Gasteiger partial charge in [-0.3, -0.25) is 14.2 Å². The van der Waals surface area contributed by atoms with Crippen molar-refractivity contribution < 1.29 is 18.0 Å². The molecule has 1 unspecified atom stereocenters. The number of benzene rings is 3. The Balaban J connectivity index is 0.000000383. The first kappa shape index (κ1) is 26.8. The summed E-state index contributed by atoms with van der Waals surface area (Å²) in [6, 6.07) is 21.5. The molecule has 5 nitrogen and oxygen atoms in total. The minimum Gasteiger partial charge on any atom is -0.330 e. The molecule has 0 saturated heterocycles. The molecular formula is C28H28F3N3O2. The summed E-state index contributed by atoms with van der Waals surface area (Å²) < 4.78 is 40.8. The highest BCUT2D eigenvalue weighted by Crippen LogP contribution is 2.31. The molecule has 36 heavy (non-hydrogen) atoms. The predicted octanol–water partition coefficient (Wildman–Crippen LogP) is 5.66. The van der Waals surface area contributed by atoms with Crippen molar-refractivity contribution in [2.24, 2.45) is 11.7 Å². The zero-order valence-electron chi connectivity index (χ0n) is 20.1. The molecule has 3 aromatic carbocycles. The van der Waals surface area contributed by atoms with Gasteiger partial charge in [-0.05, 0) is 29.7 Å². The third kappa shape index (κ3) is 6.46. The summed E-state index contributed by atoms with van der Waals surface area (Å²) in [4.78, 5) is 27.6. The Morgan fingerprint density at radius 1 is 0.972 bits per heavy atom. The van der Waals surface area contributed by atoms with Crippen molar-refractivity contribution >= 4 is 17.2 Å². The van der Waals surface area contributed by atoms with Crippen LogP contribution < -0.4 is 11.3 Å². The minimum atomic E-state index is -4.50. The standard InChI is InChI=1S/C21H22F3N3O.C7H6O/c1-13(2)17(11-25)19-26-18-10-15(21(22,23)24)8-9-16(18)20(28)27(19)12-14-6-4-3-5-7-14;8-6-7-4-2-1-3-5-7/h3-10,13,17H,11-12,25H2,1-2H3;1-6H. The maximum atomic E-state index is 13.2. The molecule has 0 spiro atoms. The van der Waals surface area contributed by atoms with Gasteiger partial charge in [-0.1, -0.05) is 74.5 Å². The first-order valence-corrected chi connectivity index (χ1v) is 11.5. The van der Waals surface area contributed by atoms with E-state index in [2.05, 4.69) is 4.98 Å². The Bertz CT molecular complexity index is 1350. The fourth-order valence-corrected chi connectivity index (χ4v) is 3.82. The van der Waals surface area contributed by atoms with Crippen molar-refractivity contribution in [1.82, 2.24) is 9.55 Å². The highest BCUT2D eigenvalue weighted by Gasteiger charge is 2.31. The molecule has 0 radical (unpaired) electrons. The summed E-state index contributed by atoms with van der Waals surface area (Å²) in [5.41, 5.74) is 6.41. The fourth-order valence-electron chi connectivity index (χ4n) is 3.82. The van der Waals surface area contributed by atoms with Crippen LogP contribution in [-0.4, -0.2) is 22.4 Å². The molecular weight excluding hydrogens is 467 g/mol. The molecule has 1 aromatic heterocycles. The van der Waals surface area contributed by atoms with Gasteiger partial charge in [-0.15, -0.1) is 0 Å². The lowest BCUT2D eigenvalue weighted by Crippen LogP contribution is -2.31. The topological polar surface area (TPSA) is 78.0 Å². The van der Waals surface area contributed by atoms with Crippen molar-refractivity contribution in [3.63, 3.8) is 0 Å². The van der Waals surface area contributed by atoms with E-state index in [1.54, 1.807) is 12.1 Å². The first-order chi connectivity index (χ1) is 17.2. The van der Waals surface area contributed by atoms with Crippen molar-refractivity contribution in [3.8, 4) is 0 Å². The molecule has 4 rings (SSSR count). The lowest BCUT2D eigenvalue weighted by Gasteiger charge is -2.23. The van der Waals surface area contributed by atoms with Crippen molar-refractivity contribution in [3.05, 3.63) is 112 Å². The van der Waals surface area contributed by atoms with Crippen molar-refractivity contribution in [2.75, 3.05) is 6.54 Å². The van der Waals surface area contributed by atoms with Crippen LogP contribution in [-0.2, 0) is 12.7 Å². The van der Waals surface area contributed by atoms with E-state index in [0.717, 1.165) is 29.5 Å². The van der Waals surface area contributed by atoms with Gasteiger partial charge in [-0.25, -0.2) is 4.98 Å². The molecule has 1 atom stereocenters. The summed E-state index contributed by atoms with van der Waals surface area (Å²) in [7, 11) is 0. The Morgan fingerprint density at radius 3 is 2.08 bits per heavy atom. The molecule has 0 aliphatic rings. The van der Waals surface area contributed by atoms with Gasteiger partial charge in [0.15, 0.2) is 0 Å². The molecule has 0 bridgehead atoms. The SMILES string of the molecule is CC(C)C(CN)c1nc2cc(C(F)(F)F)ccc2c(=O)n1Cc1ccccc1.O=Cc1ccccc1. The van der Waals surface area contributed by atoms with E-state index >= 15 is 0 Å². The van der Waals surface area contributed by atoms with E-state index in [1.165, 1.54) is 10.6 Å². The average molecular weight is 496 g/mol. The van der Waals surface area contributed by atoms with Gasteiger partial charge in [0.1, 0.15) is 12.1 Å². The molecule has 8 heteroatoms. The van der Waals surface area contributed by atoms with Crippen LogP contribution in [0.2, 0.25) is 0 Å². The van der Waals surface area contributed by atoms with Gasteiger partial charge >= 0.3 is 6.18 Å². The second kappa shape index (κ2) is 11.8. The Morgan fingerprint density at radius 2 is 1.58 bits per heavy atom. The van der Waals surface area contributed by atoms with Gasteiger partial charge in [0, 0.05) is 18.0 Å². The number of halogens is 3. The molecule has 188 valence electrons. The van der Waals surface area contributed by atoms with E-state index in [9.17, 15) is 22.8 Å². The highest BCUT2D eigenvalue weighted by molar-refractivity contribution is 5.78. The summed E-state index contributed by atoms with van der Waals surface area (Å²) >= 11 is 0. The Hall–Kier alpha value is -3.78. The quantitative estimate of drug-likeness (QED) is 0.350. The summed E-state index contributed by atoms with van der Waals surface area (Å²) in [5.74, 6) is 0.232. The van der Waals surface area contributed by atoms with Crippen LogP contribution in [0.4, 0.5) is 13.2 Å². The van der Waals surface area contributed by atoms with Crippen LogP contribution in [0.25, 0.3) is 10.9 Å². The number of nitrogens with two attached hydrogens (primary N) is 1. The number of rotatable bonds is 6. The maximum Gasteiger partial charge on any atom is 0.416 e. The van der Waals surface area contributed by atoms with Gasteiger partial charge in [-0.2, -0.15) is 13.2 Å². The molecule has 1 heterocycles. The number of fused-ring (bicyclic) bond motifs is 1. The third-order valence-electron chi connectivity index (χ3n) is 5.82. The van der Waals surface area contributed by atoms with Gasteiger partial charge in [0.05, 0.1) is 23.0 Å². The second-order valence-corrected chi connectivity index (χ2v) is 8.69. The lowest BCUT2D eigenvalue weighted by molar-refractivity contribution is -0.137. The number of hydrogen-bond acceptors (Lipinski definition) is 4. The minimum absolute atomic E-state index is 0.0400. The third-order valence-corrected chi connectivity index (χ3v) is 5.82. The number of carbonyl (C=O) groups excluding carboxylic acids is 1. The molecule has 0 aliphatic carbocycles. The highest BCUT2D eigenvalue weighted by atomic mass is 19.4. The number of aromatic nitrogens is 2. The predicted molar refractivity (Wildman–Crippen MR) is 135 cm³/mol. The van der Waals surface area contributed by atoms with Crippen molar-refractivity contribution in [1.29, 1.82) is 0 Å². The zero-order chi connectivity index (χ0) is 26.3. The summed E-state index contributed by atoms with van der Waals surface area (Å²) in [5, 5.41) is 0.159. The maximum absolute atomic E-state index is 13.2. The van der Waals surface area contributed by atoms with Gasteiger partial charge < -0.3 is 5.73 Å². The number of alkyl halides is 3. The van der Waals surface area contributed by atoms with E-state index < -0.39 is 11.7 Å². The summed E-state index contributed by atoms with van der Waals surface area (Å²) in [6.07, 6.45) is -3.67. The van der Waals surface area contributed by atoms with E-state index in [4.69, 9.17) is 5.73 Å².